The molecule has 142 valence electrons. The Bertz CT molecular complexity index is 378. The van der Waals surface area contributed by atoms with Crippen LogP contribution < -0.4 is 0 Å². The smallest absolute Gasteiger partial charge is 0.187 e. The van der Waals surface area contributed by atoms with Crippen LogP contribution >= 0.6 is 0 Å². The molecule has 10 heteroatoms. The van der Waals surface area contributed by atoms with Crippen LogP contribution in [0.25, 0.3) is 0 Å². The fraction of sp³-hybridized carbons (Fsp3) is 1.00. The van der Waals surface area contributed by atoms with E-state index in [1.165, 1.54) is 7.11 Å². The van der Waals surface area contributed by atoms with Gasteiger partial charge in [0, 0.05) is 13.0 Å². The molecule has 5 unspecified atom stereocenters. The van der Waals surface area contributed by atoms with Gasteiger partial charge in [0.05, 0.1) is 19.3 Å². The Balaban J connectivity index is 2.14. The summed E-state index contributed by atoms with van der Waals surface area (Å²) in [6.07, 6.45) is -11.1. The van der Waals surface area contributed by atoms with Crippen molar-refractivity contribution in [2.24, 2.45) is 5.92 Å². The van der Waals surface area contributed by atoms with Crippen molar-refractivity contribution in [1.82, 2.24) is 0 Å². The molecule has 10 nitrogen and oxygen atoms in total. The van der Waals surface area contributed by atoms with Gasteiger partial charge >= 0.3 is 0 Å². The Morgan fingerprint density at radius 2 is 1.33 bits per heavy atom. The summed E-state index contributed by atoms with van der Waals surface area (Å²) in [7, 11) is 1.40. The minimum absolute atomic E-state index is 0.470. The van der Waals surface area contributed by atoms with Gasteiger partial charge in [-0.3, -0.25) is 0 Å². The van der Waals surface area contributed by atoms with Gasteiger partial charge < -0.3 is 49.6 Å². The van der Waals surface area contributed by atoms with Crippen LogP contribution in [0.4, 0.5) is 0 Å². The first-order chi connectivity index (χ1) is 11.3. The molecule has 0 spiro atoms. The second kappa shape index (κ2) is 8.32. The monoisotopic (exact) mass is 354 g/mol. The SMILES string of the molecule is COC1OC(CO)[C@H](O)[C@H](O[C@@H]2OC(CO)[C@H](O)[C@H](O)C2O)C1C. The summed E-state index contributed by atoms with van der Waals surface area (Å²) in [5.74, 6) is -0.486. The Labute approximate surface area is 139 Å². The number of ether oxygens (including phenoxy) is 4. The Morgan fingerprint density at radius 3 is 1.88 bits per heavy atom. The fourth-order valence-corrected chi connectivity index (χ4v) is 3.01. The minimum atomic E-state index is -1.58. The van der Waals surface area contributed by atoms with Gasteiger partial charge in [-0.2, -0.15) is 0 Å². The van der Waals surface area contributed by atoms with E-state index in [-0.39, 0.29) is 0 Å². The van der Waals surface area contributed by atoms with E-state index in [0.717, 1.165) is 0 Å². The van der Waals surface area contributed by atoms with Crippen LogP contribution in [0.3, 0.4) is 0 Å². The first-order valence-corrected chi connectivity index (χ1v) is 7.78. The highest BCUT2D eigenvalue weighted by Gasteiger charge is 2.49. The van der Waals surface area contributed by atoms with Gasteiger partial charge in [-0.15, -0.1) is 0 Å². The Kier molecular flexibility index (Phi) is 6.90. The zero-order valence-electron chi connectivity index (χ0n) is 13.5. The number of hydrogen-bond donors (Lipinski definition) is 6. The first-order valence-electron chi connectivity index (χ1n) is 7.78. The average molecular weight is 354 g/mol. The van der Waals surface area contributed by atoms with Crippen LogP contribution in [0.15, 0.2) is 0 Å². The lowest BCUT2D eigenvalue weighted by Crippen LogP contribution is -2.63. The van der Waals surface area contributed by atoms with Crippen LogP contribution in [-0.4, -0.2) is 106 Å². The first kappa shape index (κ1) is 19.9. The molecule has 0 aromatic heterocycles. The highest BCUT2D eigenvalue weighted by molar-refractivity contribution is 4.92. The average Bonchev–Trinajstić information content (AvgIpc) is 2.58. The fourth-order valence-electron chi connectivity index (χ4n) is 3.01. The quantitative estimate of drug-likeness (QED) is 0.293. The zero-order valence-corrected chi connectivity index (χ0v) is 13.5. The van der Waals surface area contributed by atoms with Crippen molar-refractivity contribution in [2.75, 3.05) is 20.3 Å². The molecular formula is C14H26O10. The highest BCUT2D eigenvalue weighted by atomic mass is 16.7. The van der Waals surface area contributed by atoms with Crippen molar-refractivity contribution in [3.63, 3.8) is 0 Å². The number of rotatable bonds is 5. The van der Waals surface area contributed by atoms with Crippen LogP contribution in [0.5, 0.6) is 0 Å². The number of hydrogen-bond acceptors (Lipinski definition) is 10. The Morgan fingerprint density at radius 1 is 0.792 bits per heavy atom. The molecule has 0 bridgehead atoms. The summed E-state index contributed by atoms with van der Waals surface area (Å²) in [4.78, 5) is 0. The van der Waals surface area contributed by atoms with E-state index in [0.29, 0.717) is 0 Å². The second-order valence-electron chi connectivity index (χ2n) is 6.11. The minimum Gasteiger partial charge on any atom is -0.394 e. The molecule has 2 aliphatic rings. The number of aliphatic hydroxyl groups excluding tert-OH is 6. The van der Waals surface area contributed by atoms with Gasteiger partial charge in [0.15, 0.2) is 12.6 Å². The molecule has 10 atom stereocenters. The molecule has 0 aromatic rings. The highest BCUT2D eigenvalue weighted by Crippen LogP contribution is 2.32. The molecule has 24 heavy (non-hydrogen) atoms. The van der Waals surface area contributed by atoms with Crippen molar-refractivity contribution >= 4 is 0 Å². The predicted molar refractivity (Wildman–Crippen MR) is 76.6 cm³/mol. The van der Waals surface area contributed by atoms with Crippen molar-refractivity contribution in [3.8, 4) is 0 Å². The molecule has 0 saturated carbocycles. The van der Waals surface area contributed by atoms with Crippen LogP contribution in [0.1, 0.15) is 6.92 Å². The third-order valence-electron chi connectivity index (χ3n) is 4.53. The molecular weight excluding hydrogens is 328 g/mol. The third kappa shape index (κ3) is 3.73. The topological polar surface area (TPSA) is 158 Å². The molecule has 0 amide bonds. The van der Waals surface area contributed by atoms with E-state index >= 15 is 0 Å². The van der Waals surface area contributed by atoms with Crippen LogP contribution in [-0.2, 0) is 18.9 Å². The van der Waals surface area contributed by atoms with Gasteiger partial charge in [-0.05, 0) is 0 Å². The largest absolute Gasteiger partial charge is 0.394 e. The van der Waals surface area contributed by atoms with Crippen molar-refractivity contribution < 1.29 is 49.6 Å². The van der Waals surface area contributed by atoms with Crippen molar-refractivity contribution in [2.45, 2.75) is 62.2 Å². The lowest BCUT2D eigenvalue weighted by molar-refractivity contribution is -0.349. The lowest BCUT2D eigenvalue weighted by atomic mass is 9.91. The maximum atomic E-state index is 10.3. The molecule has 2 aliphatic heterocycles. The van der Waals surface area contributed by atoms with Gasteiger partial charge in [0.1, 0.15) is 36.6 Å². The van der Waals surface area contributed by atoms with Gasteiger partial charge in [-0.25, -0.2) is 0 Å². The van der Waals surface area contributed by atoms with E-state index in [1.54, 1.807) is 6.92 Å². The van der Waals surface area contributed by atoms with E-state index < -0.39 is 74.4 Å². The summed E-state index contributed by atoms with van der Waals surface area (Å²) in [6.45, 7) is 0.624. The normalized spacial score (nSPS) is 50.0. The maximum absolute atomic E-state index is 10.3. The second-order valence-corrected chi connectivity index (χ2v) is 6.11. The van der Waals surface area contributed by atoms with E-state index in [1.807, 2.05) is 0 Å². The van der Waals surface area contributed by atoms with Gasteiger partial charge in [-0.1, -0.05) is 6.92 Å². The molecule has 2 heterocycles. The molecule has 0 aliphatic carbocycles. The van der Waals surface area contributed by atoms with Crippen LogP contribution in [0, 0.1) is 5.92 Å². The standard InChI is InChI=1S/C14H26O10/c1-5-12(9(18)7(4-16)22-13(5)21-2)24-14-11(20)10(19)8(17)6(3-15)23-14/h5-20H,3-4H2,1-2H3/t5?,6?,7?,8-,9-,10-,11?,12+,13?,14-/m0/s1. The molecule has 2 rings (SSSR count). The van der Waals surface area contributed by atoms with Crippen molar-refractivity contribution in [3.05, 3.63) is 0 Å². The van der Waals surface area contributed by atoms with Gasteiger partial charge in [0.2, 0.25) is 0 Å². The predicted octanol–water partition coefficient (Wildman–Crippen LogP) is -3.47. The van der Waals surface area contributed by atoms with Crippen LogP contribution in [0.2, 0.25) is 0 Å². The Hall–Kier alpha value is -0.400. The molecule has 6 N–H and O–H groups in total. The summed E-state index contributed by atoms with van der Waals surface area (Å²) in [5, 5.41) is 58.4. The summed E-state index contributed by atoms with van der Waals surface area (Å²) >= 11 is 0. The number of methoxy groups -OCH3 is 1. The van der Waals surface area contributed by atoms with Crippen molar-refractivity contribution in [1.29, 1.82) is 0 Å². The lowest BCUT2D eigenvalue weighted by Gasteiger charge is -2.46. The zero-order chi connectivity index (χ0) is 18.0. The number of aliphatic hydroxyl groups is 6. The van der Waals surface area contributed by atoms with E-state index in [4.69, 9.17) is 18.9 Å². The van der Waals surface area contributed by atoms with E-state index in [9.17, 15) is 30.6 Å². The molecule has 0 aromatic carbocycles. The maximum Gasteiger partial charge on any atom is 0.187 e. The molecule has 2 saturated heterocycles. The molecule has 0 radical (unpaired) electrons. The van der Waals surface area contributed by atoms with Gasteiger partial charge in [0.25, 0.3) is 0 Å². The summed E-state index contributed by atoms with van der Waals surface area (Å²) in [5.41, 5.74) is 0. The molecule has 2 fully saturated rings. The third-order valence-corrected chi connectivity index (χ3v) is 4.53. The summed E-state index contributed by atoms with van der Waals surface area (Å²) in [6, 6.07) is 0. The van der Waals surface area contributed by atoms with E-state index in [2.05, 4.69) is 0 Å². The summed E-state index contributed by atoms with van der Waals surface area (Å²) < 4.78 is 21.4.